The fourth-order valence-corrected chi connectivity index (χ4v) is 1.82. The highest BCUT2D eigenvalue weighted by atomic mass is 16.7. The Hall–Kier alpha value is -2.20. The Bertz CT molecular complexity index is 534. The molecule has 5 N–H and O–H groups in total. The lowest BCUT2D eigenvalue weighted by atomic mass is 10.00. The van der Waals surface area contributed by atoms with Gasteiger partial charge >= 0.3 is 6.09 Å². The molecule has 0 bridgehead atoms. The summed E-state index contributed by atoms with van der Waals surface area (Å²) in [6.07, 6.45) is -6.90. The minimum Gasteiger partial charge on any atom is -0.468 e. The number of nitrogens with zero attached hydrogens (tertiary/aromatic N) is 1. The lowest BCUT2D eigenvalue weighted by Crippen LogP contribution is -2.56. The van der Waals surface area contributed by atoms with Crippen LogP contribution in [-0.2, 0) is 9.57 Å². The van der Waals surface area contributed by atoms with Crippen LogP contribution in [0.4, 0.5) is 10.5 Å². The van der Waals surface area contributed by atoms with Crippen LogP contribution in [0.5, 0.6) is 0 Å². The summed E-state index contributed by atoms with van der Waals surface area (Å²) < 4.78 is 4.97. The number of hydrogen-bond acceptors (Lipinski definition) is 8. The number of hydrogen-bond donors (Lipinski definition) is 5. The maximum absolute atomic E-state index is 11.5. The molecular formula is C13H16N2O7. The van der Waals surface area contributed by atoms with Crippen LogP contribution in [0.25, 0.3) is 0 Å². The normalized spacial score (nSPS) is 29.7. The van der Waals surface area contributed by atoms with Crippen LogP contribution in [0.15, 0.2) is 35.5 Å². The van der Waals surface area contributed by atoms with Crippen molar-refractivity contribution in [2.24, 2.45) is 5.16 Å². The van der Waals surface area contributed by atoms with Gasteiger partial charge < -0.3 is 25.2 Å². The minimum absolute atomic E-state index is 0.474. The summed E-state index contributed by atoms with van der Waals surface area (Å²) in [4.78, 5) is 16.0. The summed E-state index contributed by atoms with van der Waals surface area (Å²) in [6, 6.07) is 8.44. The van der Waals surface area contributed by atoms with Gasteiger partial charge in [-0.2, -0.15) is 0 Å². The van der Waals surface area contributed by atoms with E-state index in [9.17, 15) is 20.1 Å². The number of nitrogens with one attached hydrogen (secondary N) is 1. The molecule has 120 valence electrons. The van der Waals surface area contributed by atoms with Gasteiger partial charge in [-0.15, -0.1) is 0 Å². The predicted molar refractivity (Wildman–Crippen MR) is 74.0 cm³/mol. The third kappa shape index (κ3) is 3.71. The third-order valence-corrected chi connectivity index (χ3v) is 3.00. The van der Waals surface area contributed by atoms with E-state index in [1.807, 2.05) is 0 Å². The highest BCUT2D eigenvalue weighted by molar-refractivity contribution is 5.86. The van der Waals surface area contributed by atoms with Crippen molar-refractivity contribution in [2.75, 3.05) is 11.9 Å². The summed E-state index contributed by atoms with van der Waals surface area (Å²) in [5, 5.41) is 43.5. The van der Waals surface area contributed by atoms with E-state index >= 15 is 0 Å². The fourth-order valence-electron chi connectivity index (χ4n) is 1.82. The van der Waals surface area contributed by atoms with Crippen LogP contribution in [0, 0.1) is 0 Å². The monoisotopic (exact) mass is 312 g/mol. The molecule has 0 aromatic heterocycles. The number of oxime groups is 1. The van der Waals surface area contributed by atoms with Gasteiger partial charge in [-0.05, 0) is 17.3 Å². The van der Waals surface area contributed by atoms with E-state index in [0.717, 1.165) is 0 Å². The third-order valence-electron chi connectivity index (χ3n) is 3.00. The van der Waals surface area contributed by atoms with Crippen LogP contribution in [0.3, 0.4) is 0 Å². The number of anilines is 1. The molecule has 1 aliphatic heterocycles. The summed E-state index contributed by atoms with van der Waals surface area (Å²) in [5.74, 6) is -0.514. The first-order chi connectivity index (χ1) is 10.5. The molecule has 0 unspecified atom stereocenters. The molecule has 9 nitrogen and oxygen atoms in total. The molecule has 2 rings (SSSR count). The zero-order valence-corrected chi connectivity index (χ0v) is 11.4. The second-order valence-corrected chi connectivity index (χ2v) is 4.56. The number of amides is 1. The van der Waals surface area contributed by atoms with Crippen molar-refractivity contribution in [3.63, 3.8) is 0 Å². The Morgan fingerprint density at radius 3 is 2.55 bits per heavy atom. The van der Waals surface area contributed by atoms with Gasteiger partial charge in [0.05, 0.1) is 6.61 Å². The zero-order chi connectivity index (χ0) is 16.1. The van der Waals surface area contributed by atoms with Gasteiger partial charge in [0.15, 0.2) is 12.2 Å². The minimum atomic E-state index is -1.68. The topological polar surface area (TPSA) is 141 Å². The van der Waals surface area contributed by atoms with E-state index in [2.05, 4.69) is 15.3 Å². The largest absolute Gasteiger partial charge is 0.468 e. The van der Waals surface area contributed by atoms with E-state index in [1.165, 1.54) is 0 Å². The van der Waals surface area contributed by atoms with Gasteiger partial charge in [-0.1, -0.05) is 18.2 Å². The van der Waals surface area contributed by atoms with Crippen molar-refractivity contribution in [3.8, 4) is 0 Å². The molecule has 1 aromatic carbocycles. The number of aliphatic hydroxyl groups is 4. The van der Waals surface area contributed by atoms with Crippen LogP contribution < -0.4 is 5.32 Å². The number of para-hydroxylation sites is 1. The average Bonchev–Trinajstić information content (AvgIpc) is 2.53. The van der Waals surface area contributed by atoms with Gasteiger partial charge in [-0.25, -0.2) is 4.79 Å². The first-order valence-corrected chi connectivity index (χ1v) is 6.45. The molecule has 0 radical (unpaired) electrons. The highest BCUT2D eigenvalue weighted by Gasteiger charge is 2.42. The Balaban J connectivity index is 1.98. The molecule has 9 heteroatoms. The SMILES string of the molecule is O=C(Nc1ccccc1)O/N=C1/O[C@@H](CO)[C@@H](O)[C@H](O)[C@@H]1O. The lowest BCUT2D eigenvalue weighted by molar-refractivity contribution is -0.130. The number of carbonyl (C=O) groups excluding carboxylic acids is 1. The van der Waals surface area contributed by atoms with Crippen molar-refractivity contribution in [1.29, 1.82) is 0 Å². The standard InChI is InChI=1S/C13H16N2O7/c16-6-8-9(17)10(18)11(19)12(21-8)15-22-13(20)14-7-4-2-1-3-5-7/h1-5,8-11,16-19H,6H2,(H,14,20)/b15-12+/t8-,9+,10-,11-/m0/s1. The molecule has 1 amide bonds. The summed E-state index contributed by atoms with van der Waals surface area (Å²) in [7, 11) is 0. The first-order valence-electron chi connectivity index (χ1n) is 6.45. The van der Waals surface area contributed by atoms with Gasteiger partial charge in [0.25, 0.3) is 5.90 Å². The number of ether oxygens (including phenoxy) is 1. The average molecular weight is 312 g/mol. The van der Waals surface area contributed by atoms with Gasteiger partial charge in [0.2, 0.25) is 0 Å². The van der Waals surface area contributed by atoms with E-state index in [1.54, 1.807) is 30.3 Å². The second kappa shape index (κ2) is 7.18. The van der Waals surface area contributed by atoms with Crippen molar-refractivity contribution in [1.82, 2.24) is 0 Å². The molecule has 1 aromatic rings. The molecule has 1 fully saturated rings. The van der Waals surface area contributed by atoms with Crippen LogP contribution in [0.2, 0.25) is 0 Å². The van der Waals surface area contributed by atoms with Crippen molar-refractivity contribution < 1.29 is 34.8 Å². The maximum atomic E-state index is 11.5. The smallest absolute Gasteiger partial charge is 0.437 e. The van der Waals surface area contributed by atoms with Crippen LogP contribution in [-0.4, -0.2) is 63.4 Å². The molecule has 0 spiro atoms. The molecule has 1 aliphatic rings. The Kier molecular flexibility index (Phi) is 5.28. The number of benzene rings is 1. The Labute approximate surface area is 125 Å². The zero-order valence-electron chi connectivity index (χ0n) is 11.4. The number of rotatable bonds is 3. The Morgan fingerprint density at radius 2 is 1.91 bits per heavy atom. The predicted octanol–water partition coefficient (Wildman–Crippen LogP) is -0.978. The van der Waals surface area contributed by atoms with Gasteiger partial charge in [-0.3, -0.25) is 10.2 Å². The van der Waals surface area contributed by atoms with Crippen LogP contribution in [0.1, 0.15) is 0 Å². The van der Waals surface area contributed by atoms with Gasteiger partial charge in [0.1, 0.15) is 12.2 Å². The molecule has 1 saturated heterocycles. The Morgan fingerprint density at radius 1 is 1.23 bits per heavy atom. The highest BCUT2D eigenvalue weighted by Crippen LogP contribution is 2.17. The first kappa shape index (κ1) is 16.2. The molecule has 0 saturated carbocycles. The van der Waals surface area contributed by atoms with Crippen molar-refractivity contribution in [2.45, 2.75) is 24.4 Å². The molecule has 1 heterocycles. The summed E-state index contributed by atoms with van der Waals surface area (Å²) in [5.41, 5.74) is 0.474. The number of aliphatic hydroxyl groups excluding tert-OH is 4. The van der Waals surface area contributed by atoms with E-state index in [4.69, 9.17) is 9.84 Å². The quantitative estimate of drug-likeness (QED) is 0.357. The van der Waals surface area contributed by atoms with E-state index < -0.39 is 43.0 Å². The summed E-state index contributed by atoms with van der Waals surface area (Å²) in [6.45, 7) is -0.611. The lowest BCUT2D eigenvalue weighted by Gasteiger charge is -2.34. The number of carbonyl (C=O) groups is 1. The van der Waals surface area contributed by atoms with Crippen molar-refractivity contribution in [3.05, 3.63) is 30.3 Å². The summed E-state index contributed by atoms with van der Waals surface area (Å²) >= 11 is 0. The molecule has 0 aliphatic carbocycles. The fraction of sp³-hybridized carbons (Fsp3) is 0.385. The molecule has 4 atom stereocenters. The van der Waals surface area contributed by atoms with E-state index in [-0.39, 0.29) is 0 Å². The van der Waals surface area contributed by atoms with Gasteiger partial charge in [0, 0.05) is 5.69 Å². The second-order valence-electron chi connectivity index (χ2n) is 4.56. The maximum Gasteiger partial charge on any atom is 0.437 e. The van der Waals surface area contributed by atoms with Crippen molar-refractivity contribution >= 4 is 17.7 Å². The van der Waals surface area contributed by atoms with Crippen LogP contribution >= 0.6 is 0 Å². The molecule has 22 heavy (non-hydrogen) atoms. The molecular weight excluding hydrogens is 296 g/mol. The van der Waals surface area contributed by atoms with E-state index in [0.29, 0.717) is 5.69 Å².